The normalized spacial score (nSPS) is 20.2. The van der Waals surface area contributed by atoms with Crippen LogP contribution in [0.25, 0.3) is 0 Å². The molecule has 0 saturated heterocycles. The van der Waals surface area contributed by atoms with Crippen molar-refractivity contribution in [3.8, 4) is 6.07 Å². The van der Waals surface area contributed by atoms with Crippen molar-refractivity contribution in [2.75, 3.05) is 11.4 Å². The molecule has 0 aromatic heterocycles. The summed E-state index contributed by atoms with van der Waals surface area (Å²) in [5.41, 5.74) is 0.818. The molecule has 6 heteroatoms. The summed E-state index contributed by atoms with van der Waals surface area (Å²) in [6.07, 6.45) is 0. The third-order valence-corrected chi connectivity index (χ3v) is 5.15. The Bertz CT molecular complexity index is 673. The van der Waals surface area contributed by atoms with Gasteiger partial charge < -0.3 is 0 Å². The predicted octanol–water partition coefficient (Wildman–Crippen LogP) is 1.65. The predicted molar refractivity (Wildman–Crippen MR) is 74.9 cm³/mol. The van der Waals surface area contributed by atoms with Crippen molar-refractivity contribution in [3.63, 3.8) is 0 Å². The number of carbonyl (C=O) groups is 2. The van der Waals surface area contributed by atoms with Crippen LogP contribution in [0, 0.1) is 11.3 Å². The maximum Gasteiger partial charge on any atom is 0.246 e. The summed E-state index contributed by atoms with van der Waals surface area (Å²) in [5.74, 6) is -0.515. The second-order valence-corrected chi connectivity index (χ2v) is 7.07. The number of ketones is 1. The molecule has 1 aliphatic heterocycles. The summed E-state index contributed by atoms with van der Waals surface area (Å²) in [6.45, 7) is 4.48. The van der Waals surface area contributed by atoms with E-state index >= 15 is 0 Å². The highest BCUT2D eigenvalue weighted by molar-refractivity contribution is 7.87. The van der Waals surface area contributed by atoms with Gasteiger partial charge in [-0.25, -0.2) is 0 Å². The van der Waals surface area contributed by atoms with Crippen LogP contribution < -0.4 is 4.90 Å². The van der Waals surface area contributed by atoms with Crippen LogP contribution in [-0.2, 0) is 15.6 Å². The van der Waals surface area contributed by atoms with E-state index in [4.69, 9.17) is 5.26 Å². The lowest BCUT2D eigenvalue weighted by Crippen LogP contribution is -2.52. The van der Waals surface area contributed by atoms with E-state index in [1.807, 2.05) is 6.07 Å². The second kappa shape index (κ2) is 4.84. The average Bonchev–Trinajstić information content (AvgIpc) is 2.41. The van der Waals surface area contributed by atoms with Crippen LogP contribution in [0.2, 0.25) is 0 Å². The van der Waals surface area contributed by atoms with Gasteiger partial charge in [0.2, 0.25) is 5.91 Å². The number of amides is 1. The maximum absolute atomic E-state index is 12.5. The van der Waals surface area contributed by atoms with Crippen LogP contribution in [0.1, 0.15) is 31.1 Å². The van der Waals surface area contributed by atoms with E-state index in [0.717, 1.165) is 0 Å². The topological polar surface area (TPSA) is 78.2 Å². The highest BCUT2D eigenvalue weighted by Gasteiger charge is 2.45. The van der Waals surface area contributed by atoms with Crippen LogP contribution in [0.4, 0.5) is 5.69 Å². The molecular formula is C14H14N2O3S. The number of anilines is 1. The summed E-state index contributed by atoms with van der Waals surface area (Å²) < 4.78 is 11.4. The van der Waals surface area contributed by atoms with Crippen molar-refractivity contribution in [1.29, 1.82) is 5.26 Å². The number of fused-ring (bicyclic) bond motifs is 1. The minimum absolute atomic E-state index is 0.131. The van der Waals surface area contributed by atoms with E-state index < -0.39 is 15.5 Å². The molecule has 0 bridgehead atoms. The minimum Gasteiger partial charge on any atom is -0.296 e. The molecule has 0 fully saturated rings. The van der Waals surface area contributed by atoms with Crippen LogP contribution in [0.3, 0.4) is 0 Å². The molecule has 5 nitrogen and oxygen atoms in total. The molecule has 1 atom stereocenters. The lowest BCUT2D eigenvalue weighted by Gasteiger charge is -2.36. The van der Waals surface area contributed by atoms with Gasteiger partial charge in [0.25, 0.3) is 0 Å². The Morgan fingerprint density at radius 2 is 2.10 bits per heavy atom. The smallest absolute Gasteiger partial charge is 0.246 e. The van der Waals surface area contributed by atoms with E-state index in [-0.39, 0.29) is 18.2 Å². The fourth-order valence-electron chi connectivity index (χ4n) is 2.12. The van der Waals surface area contributed by atoms with Gasteiger partial charge in [0.15, 0.2) is 5.78 Å². The summed E-state index contributed by atoms with van der Waals surface area (Å²) in [4.78, 5) is 25.6. The molecule has 1 amide bonds. The summed E-state index contributed by atoms with van der Waals surface area (Å²) >= 11 is 0. The highest BCUT2D eigenvalue weighted by atomic mass is 32.2. The van der Waals surface area contributed by atoms with Gasteiger partial charge in [-0.05, 0) is 32.9 Å². The lowest BCUT2D eigenvalue weighted by atomic mass is 10.1. The standard InChI is InChI=1S/C14H14N2O3S/c1-9(17)10-4-5-12-11(8-10)16(7-6-15)13(18)14(2,3)20(12)19/h4-5,8H,7H2,1-3H3. The van der Waals surface area contributed by atoms with Crippen molar-refractivity contribution < 1.29 is 13.8 Å². The molecule has 0 radical (unpaired) electrons. The largest absolute Gasteiger partial charge is 0.296 e. The van der Waals surface area contributed by atoms with E-state index in [1.54, 1.807) is 26.0 Å². The molecule has 1 unspecified atom stereocenters. The van der Waals surface area contributed by atoms with Crippen LogP contribution in [-0.4, -0.2) is 27.2 Å². The van der Waals surface area contributed by atoms with Gasteiger partial charge in [-0.15, -0.1) is 0 Å². The number of nitrogens with zero attached hydrogens (tertiary/aromatic N) is 2. The van der Waals surface area contributed by atoms with Crippen LogP contribution in [0.15, 0.2) is 23.1 Å². The number of hydrogen-bond acceptors (Lipinski definition) is 4. The molecule has 0 spiro atoms. The van der Waals surface area contributed by atoms with Crippen LogP contribution >= 0.6 is 0 Å². The van der Waals surface area contributed by atoms with Crippen molar-refractivity contribution in [1.82, 2.24) is 0 Å². The van der Waals surface area contributed by atoms with Gasteiger partial charge >= 0.3 is 0 Å². The first-order chi connectivity index (χ1) is 9.30. The number of benzene rings is 1. The molecule has 1 heterocycles. The van der Waals surface area contributed by atoms with E-state index in [9.17, 15) is 13.8 Å². The molecule has 2 rings (SSSR count). The van der Waals surface area contributed by atoms with Gasteiger partial charge in [-0.3, -0.25) is 18.7 Å². The molecule has 0 saturated carbocycles. The van der Waals surface area contributed by atoms with Gasteiger partial charge in [0, 0.05) is 5.56 Å². The minimum atomic E-state index is -1.51. The molecule has 1 aromatic rings. The third-order valence-electron chi connectivity index (χ3n) is 3.31. The number of Topliss-reactive ketones (excluding diaryl/α,β-unsaturated/α-hetero) is 1. The van der Waals surface area contributed by atoms with Crippen LogP contribution in [0.5, 0.6) is 0 Å². The molecule has 0 N–H and O–H groups in total. The zero-order chi connectivity index (χ0) is 15.1. The summed E-state index contributed by atoms with van der Waals surface area (Å²) in [5, 5.41) is 8.89. The molecular weight excluding hydrogens is 276 g/mol. The van der Waals surface area contributed by atoms with Gasteiger partial charge in [-0.1, -0.05) is 6.07 Å². The van der Waals surface area contributed by atoms with E-state index in [2.05, 4.69) is 0 Å². The first-order valence-corrected chi connectivity index (χ1v) is 7.21. The van der Waals surface area contributed by atoms with Gasteiger partial charge in [-0.2, -0.15) is 5.26 Å². The Balaban J connectivity index is 2.69. The Morgan fingerprint density at radius 3 is 2.65 bits per heavy atom. The quantitative estimate of drug-likeness (QED) is 0.613. The Kier molecular flexibility index (Phi) is 3.48. The number of rotatable bonds is 2. The van der Waals surface area contributed by atoms with Crippen molar-refractivity contribution >= 4 is 28.2 Å². The Labute approximate surface area is 119 Å². The molecule has 104 valence electrons. The lowest BCUT2D eigenvalue weighted by molar-refractivity contribution is -0.120. The molecule has 20 heavy (non-hydrogen) atoms. The molecule has 0 aliphatic carbocycles. The van der Waals surface area contributed by atoms with Crippen molar-refractivity contribution in [3.05, 3.63) is 23.8 Å². The Morgan fingerprint density at radius 1 is 1.45 bits per heavy atom. The molecule has 1 aliphatic rings. The summed E-state index contributed by atoms with van der Waals surface area (Å²) in [6, 6.07) is 6.65. The molecule has 1 aromatic carbocycles. The van der Waals surface area contributed by atoms with Gasteiger partial charge in [0.05, 0.1) is 27.5 Å². The highest BCUT2D eigenvalue weighted by Crippen LogP contribution is 2.37. The average molecular weight is 290 g/mol. The SMILES string of the molecule is CC(=O)c1ccc2c(c1)N(CC#N)C(=O)C(C)(C)S2=O. The zero-order valence-electron chi connectivity index (χ0n) is 11.5. The second-order valence-electron chi connectivity index (χ2n) is 5.07. The van der Waals surface area contributed by atoms with E-state index in [1.165, 1.54) is 17.9 Å². The van der Waals surface area contributed by atoms with E-state index in [0.29, 0.717) is 16.1 Å². The number of hydrogen-bond donors (Lipinski definition) is 0. The summed E-state index contributed by atoms with van der Waals surface area (Å²) in [7, 11) is -1.51. The zero-order valence-corrected chi connectivity index (χ0v) is 12.3. The fraction of sp³-hybridized carbons (Fsp3) is 0.357. The number of nitriles is 1. The third kappa shape index (κ3) is 2.04. The monoisotopic (exact) mass is 290 g/mol. The first-order valence-electron chi connectivity index (χ1n) is 6.06. The maximum atomic E-state index is 12.5. The fourth-order valence-corrected chi connectivity index (χ4v) is 3.49. The van der Waals surface area contributed by atoms with Crippen molar-refractivity contribution in [2.45, 2.75) is 30.4 Å². The van der Waals surface area contributed by atoms with Gasteiger partial charge in [0.1, 0.15) is 11.3 Å². The number of carbonyl (C=O) groups excluding carboxylic acids is 2. The Hall–Kier alpha value is -2.00. The van der Waals surface area contributed by atoms with Crippen molar-refractivity contribution in [2.24, 2.45) is 0 Å². The first kappa shape index (κ1) is 14.4.